The Labute approximate surface area is 116 Å². The molecular formula is C12H14N4O3S. The Morgan fingerprint density at radius 3 is 2.75 bits per heavy atom. The Hall–Kier alpha value is -1.77. The van der Waals surface area contributed by atoms with Crippen molar-refractivity contribution in [1.82, 2.24) is 14.8 Å². The van der Waals surface area contributed by atoms with Gasteiger partial charge >= 0.3 is 0 Å². The smallest absolute Gasteiger partial charge is 0.273 e. The number of hydrogen-bond donors (Lipinski definition) is 1. The minimum atomic E-state index is -3.88. The zero-order valence-electron chi connectivity index (χ0n) is 10.9. The Morgan fingerprint density at radius 2 is 2.05 bits per heavy atom. The van der Waals surface area contributed by atoms with Crippen molar-refractivity contribution in [2.75, 3.05) is 0 Å². The number of primary sulfonamides is 1. The molecule has 0 aliphatic carbocycles. The number of sulfonamides is 1. The standard InChI is InChI=1S/C12H14N4O3S/c1-2-16-11(14-15-12(16)20(13,17)18)8-3-4-9-6-19-7-10(9)5-8/h3-5H,2,6-7H2,1H3,(H2,13,17,18). The summed E-state index contributed by atoms with van der Waals surface area (Å²) in [6.07, 6.45) is 0. The van der Waals surface area contributed by atoms with Gasteiger partial charge in [0, 0.05) is 12.1 Å². The van der Waals surface area contributed by atoms with Gasteiger partial charge in [-0.15, -0.1) is 10.2 Å². The lowest BCUT2D eigenvalue weighted by molar-refractivity contribution is 0.134. The Balaban J connectivity index is 2.13. The zero-order chi connectivity index (χ0) is 14.3. The molecule has 1 aliphatic heterocycles. The third-order valence-corrected chi connectivity index (χ3v) is 4.08. The number of benzene rings is 1. The molecule has 8 heteroatoms. The number of ether oxygens (including phenoxy) is 1. The highest BCUT2D eigenvalue weighted by molar-refractivity contribution is 7.89. The van der Waals surface area contributed by atoms with Gasteiger partial charge in [0.25, 0.3) is 15.2 Å². The number of fused-ring (bicyclic) bond motifs is 1. The van der Waals surface area contributed by atoms with Crippen LogP contribution in [0.15, 0.2) is 23.4 Å². The van der Waals surface area contributed by atoms with Crippen molar-refractivity contribution in [2.24, 2.45) is 5.14 Å². The molecule has 2 N–H and O–H groups in total. The first-order valence-electron chi connectivity index (χ1n) is 6.16. The highest BCUT2D eigenvalue weighted by Gasteiger charge is 2.22. The summed E-state index contributed by atoms with van der Waals surface area (Å²) >= 11 is 0. The SMILES string of the molecule is CCn1c(-c2ccc3c(c2)COC3)nnc1S(N)(=O)=O. The molecule has 0 fully saturated rings. The fourth-order valence-electron chi connectivity index (χ4n) is 2.31. The predicted octanol–water partition coefficient (Wildman–Crippen LogP) is 0.643. The number of hydrogen-bond acceptors (Lipinski definition) is 5. The second-order valence-electron chi connectivity index (χ2n) is 4.57. The zero-order valence-corrected chi connectivity index (χ0v) is 11.7. The number of rotatable bonds is 3. The van der Waals surface area contributed by atoms with Crippen molar-refractivity contribution in [3.05, 3.63) is 29.3 Å². The van der Waals surface area contributed by atoms with E-state index in [4.69, 9.17) is 9.88 Å². The summed E-state index contributed by atoms with van der Waals surface area (Å²) in [7, 11) is -3.88. The highest BCUT2D eigenvalue weighted by atomic mass is 32.2. The van der Waals surface area contributed by atoms with Gasteiger partial charge in [-0.05, 0) is 24.1 Å². The average Bonchev–Trinajstić information content (AvgIpc) is 3.03. The second-order valence-corrected chi connectivity index (χ2v) is 6.03. The summed E-state index contributed by atoms with van der Waals surface area (Å²) in [6, 6.07) is 5.80. The Bertz CT molecular complexity index is 767. The molecule has 1 aromatic heterocycles. The van der Waals surface area contributed by atoms with Crippen LogP contribution in [-0.2, 0) is 34.5 Å². The fraction of sp³-hybridized carbons (Fsp3) is 0.333. The monoisotopic (exact) mass is 294 g/mol. The second kappa shape index (κ2) is 4.65. The van der Waals surface area contributed by atoms with E-state index in [1.165, 1.54) is 4.57 Å². The molecule has 7 nitrogen and oxygen atoms in total. The molecular weight excluding hydrogens is 280 g/mol. The maximum Gasteiger partial charge on any atom is 0.273 e. The molecule has 1 aliphatic rings. The molecule has 20 heavy (non-hydrogen) atoms. The molecule has 0 bridgehead atoms. The van der Waals surface area contributed by atoms with E-state index in [1.807, 2.05) is 25.1 Å². The van der Waals surface area contributed by atoms with Crippen molar-refractivity contribution in [3.63, 3.8) is 0 Å². The van der Waals surface area contributed by atoms with Gasteiger partial charge in [-0.25, -0.2) is 13.6 Å². The normalized spacial score (nSPS) is 14.5. The minimum Gasteiger partial charge on any atom is -0.372 e. The molecule has 3 rings (SSSR count). The molecule has 0 amide bonds. The summed E-state index contributed by atoms with van der Waals surface area (Å²) in [5, 5.41) is 12.6. The van der Waals surface area contributed by atoms with Crippen LogP contribution in [0.5, 0.6) is 0 Å². The van der Waals surface area contributed by atoms with E-state index in [2.05, 4.69) is 10.2 Å². The Morgan fingerprint density at radius 1 is 1.30 bits per heavy atom. The summed E-state index contributed by atoms with van der Waals surface area (Å²) in [5.74, 6) is 0.492. The van der Waals surface area contributed by atoms with Crippen LogP contribution in [0.3, 0.4) is 0 Å². The van der Waals surface area contributed by atoms with E-state index >= 15 is 0 Å². The van der Waals surface area contributed by atoms with Crippen molar-refractivity contribution >= 4 is 10.0 Å². The molecule has 106 valence electrons. The third-order valence-electron chi connectivity index (χ3n) is 3.27. The summed E-state index contributed by atoms with van der Waals surface area (Å²) < 4.78 is 29.8. The van der Waals surface area contributed by atoms with Gasteiger partial charge in [0.1, 0.15) is 0 Å². The predicted molar refractivity (Wildman–Crippen MR) is 71.0 cm³/mol. The van der Waals surface area contributed by atoms with Crippen LogP contribution in [0.25, 0.3) is 11.4 Å². The summed E-state index contributed by atoms with van der Waals surface area (Å²) in [5.41, 5.74) is 3.03. The first-order valence-corrected chi connectivity index (χ1v) is 7.71. The molecule has 0 spiro atoms. The molecule has 0 unspecified atom stereocenters. The van der Waals surface area contributed by atoms with Gasteiger partial charge < -0.3 is 4.74 Å². The molecule has 0 saturated heterocycles. The average molecular weight is 294 g/mol. The maximum atomic E-state index is 11.5. The lowest BCUT2D eigenvalue weighted by atomic mass is 10.1. The molecule has 0 saturated carbocycles. The van der Waals surface area contributed by atoms with E-state index in [-0.39, 0.29) is 5.16 Å². The largest absolute Gasteiger partial charge is 0.372 e. The van der Waals surface area contributed by atoms with Crippen LogP contribution < -0.4 is 5.14 Å². The molecule has 2 heterocycles. The van der Waals surface area contributed by atoms with Gasteiger partial charge in [0.15, 0.2) is 5.82 Å². The number of nitrogens with two attached hydrogens (primary N) is 1. The van der Waals surface area contributed by atoms with Crippen LogP contribution in [0.4, 0.5) is 0 Å². The van der Waals surface area contributed by atoms with Crippen molar-refractivity contribution in [3.8, 4) is 11.4 Å². The van der Waals surface area contributed by atoms with Gasteiger partial charge in [-0.3, -0.25) is 4.57 Å². The number of aromatic nitrogens is 3. The molecule has 1 aromatic carbocycles. The number of nitrogens with zero attached hydrogens (tertiary/aromatic N) is 3. The van der Waals surface area contributed by atoms with Crippen molar-refractivity contribution < 1.29 is 13.2 Å². The van der Waals surface area contributed by atoms with Crippen LogP contribution >= 0.6 is 0 Å². The fourth-order valence-corrected chi connectivity index (χ4v) is 2.99. The van der Waals surface area contributed by atoms with E-state index in [1.54, 1.807) is 0 Å². The van der Waals surface area contributed by atoms with Crippen molar-refractivity contribution in [2.45, 2.75) is 31.8 Å². The Kier molecular flexibility index (Phi) is 3.08. The van der Waals surface area contributed by atoms with Crippen LogP contribution in [-0.4, -0.2) is 23.2 Å². The molecule has 0 atom stereocenters. The molecule has 0 radical (unpaired) electrons. The first kappa shape index (κ1) is 13.2. The van der Waals surface area contributed by atoms with Gasteiger partial charge in [0.05, 0.1) is 13.2 Å². The lowest BCUT2D eigenvalue weighted by Gasteiger charge is -2.07. The minimum absolute atomic E-state index is 0.216. The van der Waals surface area contributed by atoms with Crippen LogP contribution in [0.2, 0.25) is 0 Å². The van der Waals surface area contributed by atoms with Gasteiger partial charge in [-0.1, -0.05) is 12.1 Å². The summed E-state index contributed by atoms with van der Waals surface area (Å²) in [6.45, 7) is 3.41. The summed E-state index contributed by atoms with van der Waals surface area (Å²) in [4.78, 5) is 0. The molecule has 2 aromatic rings. The van der Waals surface area contributed by atoms with E-state index < -0.39 is 10.0 Å². The van der Waals surface area contributed by atoms with E-state index in [9.17, 15) is 8.42 Å². The first-order chi connectivity index (χ1) is 9.50. The maximum absolute atomic E-state index is 11.5. The quantitative estimate of drug-likeness (QED) is 0.895. The highest BCUT2D eigenvalue weighted by Crippen LogP contribution is 2.26. The van der Waals surface area contributed by atoms with Crippen LogP contribution in [0, 0.1) is 0 Å². The van der Waals surface area contributed by atoms with Gasteiger partial charge in [-0.2, -0.15) is 0 Å². The lowest BCUT2D eigenvalue weighted by Crippen LogP contribution is -2.18. The van der Waals surface area contributed by atoms with E-state index in [0.717, 1.165) is 16.7 Å². The van der Waals surface area contributed by atoms with E-state index in [0.29, 0.717) is 25.6 Å². The third kappa shape index (κ3) is 2.11. The van der Waals surface area contributed by atoms with Gasteiger partial charge in [0.2, 0.25) is 0 Å². The topological polar surface area (TPSA) is 100 Å². The van der Waals surface area contributed by atoms with Crippen LogP contribution in [0.1, 0.15) is 18.1 Å². The van der Waals surface area contributed by atoms with Crippen molar-refractivity contribution in [1.29, 1.82) is 0 Å².